The van der Waals surface area contributed by atoms with Gasteiger partial charge in [0.25, 0.3) is 0 Å². The fraction of sp³-hybridized carbons (Fsp3) is 0.515. The Morgan fingerprint density at radius 2 is 1.67 bits per heavy atom. The Bertz CT molecular complexity index is 1390. The lowest BCUT2D eigenvalue weighted by atomic mass is 9.74. The molecule has 3 fully saturated rings. The standard InChI is InChI=1S/C33H38F3N5O2/c34-33(35,36)28-7-14-38-30(19-28)40-16-9-25(10-17-40)31(42)41-15-8-24(22-41)18-23-5-11-32(43,12-6-23)29-4-3-27(21-39-29)26-2-1-13-37-20-26/h1-4,7,13-14,19-21,23-25,43H,5-6,8-12,15-18,22H2. The zero-order chi connectivity index (χ0) is 30.0. The first kappa shape index (κ1) is 29.5. The average Bonchev–Trinajstić information content (AvgIpc) is 3.51. The van der Waals surface area contributed by atoms with Gasteiger partial charge in [-0.15, -0.1) is 0 Å². The number of hydrogen-bond acceptors (Lipinski definition) is 6. The van der Waals surface area contributed by atoms with E-state index < -0.39 is 17.3 Å². The molecule has 0 bridgehead atoms. The number of alkyl halides is 3. The first-order valence-corrected chi connectivity index (χ1v) is 15.3. The topological polar surface area (TPSA) is 82.5 Å². The van der Waals surface area contributed by atoms with Crippen molar-refractivity contribution in [3.63, 3.8) is 0 Å². The van der Waals surface area contributed by atoms with E-state index in [-0.39, 0.29) is 11.8 Å². The van der Waals surface area contributed by atoms with Gasteiger partial charge in [-0.05, 0) is 87.5 Å². The Kier molecular flexibility index (Phi) is 8.40. The smallest absolute Gasteiger partial charge is 0.384 e. The molecule has 1 aliphatic carbocycles. The fourth-order valence-electron chi connectivity index (χ4n) is 7.10. The summed E-state index contributed by atoms with van der Waals surface area (Å²) in [5, 5.41) is 11.4. The summed E-state index contributed by atoms with van der Waals surface area (Å²) >= 11 is 0. The highest BCUT2D eigenvalue weighted by molar-refractivity contribution is 5.79. The van der Waals surface area contributed by atoms with E-state index in [0.717, 1.165) is 67.7 Å². The van der Waals surface area contributed by atoms with Crippen molar-refractivity contribution >= 4 is 11.7 Å². The van der Waals surface area contributed by atoms with Gasteiger partial charge in [0.2, 0.25) is 5.91 Å². The summed E-state index contributed by atoms with van der Waals surface area (Å²) in [7, 11) is 0. The molecule has 0 radical (unpaired) electrons. The molecule has 1 unspecified atom stereocenters. The highest BCUT2D eigenvalue weighted by atomic mass is 19.4. The predicted octanol–water partition coefficient (Wildman–Crippen LogP) is 6.09. The van der Waals surface area contributed by atoms with Crippen LogP contribution in [0.5, 0.6) is 0 Å². The highest BCUT2D eigenvalue weighted by Crippen LogP contribution is 2.42. The van der Waals surface area contributed by atoms with E-state index in [9.17, 15) is 23.1 Å². The second kappa shape index (κ2) is 12.2. The molecule has 2 saturated heterocycles. The first-order valence-electron chi connectivity index (χ1n) is 15.3. The van der Waals surface area contributed by atoms with Crippen LogP contribution in [0, 0.1) is 17.8 Å². The molecule has 3 aromatic rings. The zero-order valence-electron chi connectivity index (χ0n) is 24.2. The number of aliphatic hydroxyl groups is 1. The average molecular weight is 594 g/mol. The van der Waals surface area contributed by atoms with E-state index in [2.05, 4.69) is 15.0 Å². The van der Waals surface area contributed by atoms with Gasteiger partial charge in [-0.1, -0.05) is 12.1 Å². The lowest BCUT2D eigenvalue weighted by molar-refractivity contribution is -0.137. The molecule has 6 rings (SSSR count). The number of likely N-dealkylation sites (tertiary alicyclic amines) is 1. The Balaban J connectivity index is 0.955. The molecule has 3 aromatic heterocycles. The van der Waals surface area contributed by atoms with Crippen molar-refractivity contribution in [2.45, 2.75) is 63.1 Å². The largest absolute Gasteiger partial charge is 0.416 e. The fourth-order valence-corrected chi connectivity index (χ4v) is 7.10. The minimum absolute atomic E-state index is 0.0949. The predicted molar refractivity (Wildman–Crippen MR) is 157 cm³/mol. The Morgan fingerprint density at radius 3 is 2.35 bits per heavy atom. The van der Waals surface area contributed by atoms with Crippen LogP contribution in [0.2, 0.25) is 0 Å². The maximum absolute atomic E-state index is 13.3. The summed E-state index contributed by atoms with van der Waals surface area (Å²) in [6.07, 6.45) is 8.71. The van der Waals surface area contributed by atoms with Crippen LogP contribution >= 0.6 is 0 Å². The molecule has 228 valence electrons. The number of carbonyl (C=O) groups excluding carboxylic acids is 1. The van der Waals surface area contributed by atoms with E-state index in [4.69, 9.17) is 0 Å². The molecule has 1 amide bonds. The van der Waals surface area contributed by atoms with E-state index in [1.807, 2.05) is 40.3 Å². The Hall–Kier alpha value is -3.53. The zero-order valence-corrected chi connectivity index (χ0v) is 24.2. The van der Waals surface area contributed by atoms with Crippen molar-refractivity contribution < 1.29 is 23.1 Å². The van der Waals surface area contributed by atoms with E-state index >= 15 is 0 Å². The van der Waals surface area contributed by atoms with Crippen LogP contribution in [0.3, 0.4) is 0 Å². The van der Waals surface area contributed by atoms with Gasteiger partial charge in [0.05, 0.1) is 11.3 Å². The van der Waals surface area contributed by atoms with Gasteiger partial charge in [-0.25, -0.2) is 4.98 Å². The van der Waals surface area contributed by atoms with E-state index in [0.29, 0.717) is 56.4 Å². The monoisotopic (exact) mass is 593 g/mol. The number of amides is 1. The maximum Gasteiger partial charge on any atom is 0.416 e. The molecule has 0 aromatic carbocycles. The second-order valence-corrected chi connectivity index (χ2v) is 12.5. The Labute approximate surface area is 250 Å². The number of pyridine rings is 3. The summed E-state index contributed by atoms with van der Waals surface area (Å²) in [4.78, 5) is 30.1. The van der Waals surface area contributed by atoms with Crippen LogP contribution in [0.1, 0.15) is 62.6 Å². The summed E-state index contributed by atoms with van der Waals surface area (Å²) in [6.45, 7) is 2.58. The lowest BCUT2D eigenvalue weighted by Gasteiger charge is -2.36. The number of halogens is 3. The molecule has 0 spiro atoms. The highest BCUT2D eigenvalue weighted by Gasteiger charge is 2.39. The lowest BCUT2D eigenvalue weighted by Crippen LogP contribution is -2.42. The third-order valence-electron chi connectivity index (χ3n) is 9.67. The first-order chi connectivity index (χ1) is 20.7. The number of carbonyl (C=O) groups is 1. The molecular weight excluding hydrogens is 555 g/mol. The molecule has 1 N–H and O–H groups in total. The number of aromatic nitrogens is 3. The molecule has 2 aliphatic heterocycles. The Morgan fingerprint density at radius 1 is 0.907 bits per heavy atom. The number of hydrogen-bond donors (Lipinski definition) is 1. The van der Waals surface area contributed by atoms with Gasteiger partial charge < -0.3 is 14.9 Å². The van der Waals surface area contributed by atoms with Crippen LogP contribution in [0.4, 0.5) is 19.0 Å². The van der Waals surface area contributed by atoms with Crippen molar-refractivity contribution in [1.29, 1.82) is 0 Å². The van der Waals surface area contributed by atoms with Gasteiger partial charge in [0.1, 0.15) is 11.4 Å². The van der Waals surface area contributed by atoms with Crippen molar-refractivity contribution in [2.24, 2.45) is 17.8 Å². The third kappa shape index (κ3) is 6.69. The van der Waals surface area contributed by atoms with Gasteiger partial charge in [0, 0.05) is 68.0 Å². The van der Waals surface area contributed by atoms with Crippen LogP contribution in [0.25, 0.3) is 11.1 Å². The molecule has 10 heteroatoms. The minimum Gasteiger partial charge on any atom is -0.384 e. The summed E-state index contributed by atoms with van der Waals surface area (Å²) < 4.78 is 39.3. The molecule has 3 aliphatic rings. The third-order valence-corrected chi connectivity index (χ3v) is 9.67. The molecule has 7 nitrogen and oxygen atoms in total. The van der Waals surface area contributed by atoms with Gasteiger partial charge in [-0.3, -0.25) is 14.8 Å². The quantitative estimate of drug-likeness (QED) is 0.373. The van der Waals surface area contributed by atoms with E-state index in [1.54, 1.807) is 12.4 Å². The van der Waals surface area contributed by atoms with Crippen molar-refractivity contribution in [3.05, 3.63) is 72.4 Å². The minimum atomic E-state index is -4.40. The number of anilines is 1. The summed E-state index contributed by atoms with van der Waals surface area (Å²) in [6, 6.07) is 9.90. The van der Waals surface area contributed by atoms with Crippen LogP contribution in [0.15, 0.2) is 61.2 Å². The van der Waals surface area contributed by atoms with Crippen LogP contribution in [-0.4, -0.2) is 57.0 Å². The maximum atomic E-state index is 13.3. The van der Waals surface area contributed by atoms with Crippen LogP contribution in [-0.2, 0) is 16.6 Å². The van der Waals surface area contributed by atoms with Crippen molar-refractivity contribution in [2.75, 3.05) is 31.1 Å². The number of nitrogens with zero attached hydrogens (tertiary/aromatic N) is 5. The molecule has 5 heterocycles. The molecular formula is C33H38F3N5O2. The molecule has 1 saturated carbocycles. The molecule has 1 atom stereocenters. The van der Waals surface area contributed by atoms with E-state index in [1.165, 1.54) is 6.20 Å². The second-order valence-electron chi connectivity index (χ2n) is 12.5. The SMILES string of the molecule is O=C(C1CCN(c2cc(C(F)(F)F)ccn2)CC1)N1CCC(CC2CCC(O)(c3ccc(-c4cccnc4)cn3)CC2)C1. The van der Waals surface area contributed by atoms with Crippen molar-refractivity contribution in [1.82, 2.24) is 19.9 Å². The van der Waals surface area contributed by atoms with Gasteiger partial charge >= 0.3 is 6.18 Å². The number of piperidine rings is 1. The molecule has 43 heavy (non-hydrogen) atoms. The normalized spacial score (nSPS) is 25.2. The van der Waals surface area contributed by atoms with Crippen molar-refractivity contribution in [3.8, 4) is 11.1 Å². The van der Waals surface area contributed by atoms with Crippen LogP contribution < -0.4 is 4.90 Å². The van der Waals surface area contributed by atoms with Gasteiger partial charge in [-0.2, -0.15) is 13.2 Å². The number of rotatable bonds is 6. The van der Waals surface area contributed by atoms with Gasteiger partial charge in [0.15, 0.2) is 0 Å². The summed E-state index contributed by atoms with van der Waals surface area (Å²) in [5.74, 6) is 1.39. The summed E-state index contributed by atoms with van der Waals surface area (Å²) in [5.41, 5.74) is 1.10.